The Hall–Kier alpha value is -1.36. The molecule has 0 spiro atoms. The van der Waals surface area contributed by atoms with Gasteiger partial charge in [-0.1, -0.05) is 5.16 Å². The van der Waals surface area contributed by atoms with Crippen LogP contribution in [0.5, 0.6) is 0 Å². The van der Waals surface area contributed by atoms with Gasteiger partial charge < -0.3 is 10.3 Å². The van der Waals surface area contributed by atoms with Gasteiger partial charge in [0.15, 0.2) is 6.33 Å². The molecule has 4 nitrogen and oxygen atoms in total. The molecule has 0 saturated carbocycles. The molecule has 0 unspecified atom stereocenters. The third-order valence-electron chi connectivity index (χ3n) is 1.58. The number of aromatic nitrogens is 2. The van der Waals surface area contributed by atoms with E-state index < -0.39 is 0 Å². The fraction of sp³-hybridized carbons (Fsp3) is 0. The van der Waals surface area contributed by atoms with Crippen LogP contribution >= 0.6 is 15.9 Å². The molecular weight excluding hydrogens is 234 g/mol. The molecule has 0 amide bonds. The molecule has 0 aliphatic carbocycles. The fourth-order valence-corrected chi connectivity index (χ4v) is 1.41. The first-order chi connectivity index (χ1) is 6.27. The van der Waals surface area contributed by atoms with Crippen LogP contribution in [0.2, 0.25) is 0 Å². The molecule has 66 valence electrons. The Morgan fingerprint density at radius 2 is 2.23 bits per heavy atom. The van der Waals surface area contributed by atoms with E-state index in [9.17, 15) is 0 Å². The Kier molecular flexibility index (Phi) is 2.02. The smallest absolute Gasteiger partial charge is 0.258 e. The minimum Gasteiger partial charge on any atom is -0.399 e. The molecule has 5 heteroatoms. The van der Waals surface area contributed by atoms with Gasteiger partial charge in [0.25, 0.3) is 5.89 Å². The van der Waals surface area contributed by atoms with Crippen molar-refractivity contribution in [2.24, 2.45) is 0 Å². The highest BCUT2D eigenvalue weighted by Crippen LogP contribution is 2.27. The zero-order chi connectivity index (χ0) is 9.26. The molecule has 0 saturated heterocycles. The summed E-state index contributed by atoms with van der Waals surface area (Å²) in [6.07, 6.45) is 1.35. The SMILES string of the molecule is Nc1ccc(Br)c(-c2ncno2)c1. The van der Waals surface area contributed by atoms with Crippen molar-refractivity contribution in [3.63, 3.8) is 0 Å². The first-order valence-electron chi connectivity index (χ1n) is 3.59. The lowest BCUT2D eigenvalue weighted by molar-refractivity contribution is 0.430. The van der Waals surface area contributed by atoms with E-state index in [1.54, 1.807) is 12.1 Å². The number of nitrogens with two attached hydrogens (primary N) is 1. The monoisotopic (exact) mass is 239 g/mol. The predicted molar refractivity (Wildman–Crippen MR) is 51.8 cm³/mol. The van der Waals surface area contributed by atoms with Gasteiger partial charge in [-0.3, -0.25) is 0 Å². The molecule has 0 aliphatic rings. The molecule has 13 heavy (non-hydrogen) atoms. The van der Waals surface area contributed by atoms with E-state index in [1.807, 2.05) is 6.07 Å². The molecule has 0 atom stereocenters. The highest BCUT2D eigenvalue weighted by molar-refractivity contribution is 9.10. The first kappa shape index (κ1) is 8.25. The Bertz CT molecular complexity index is 413. The highest BCUT2D eigenvalue weighted by Gasteiger charge is 2.07. The molecular formula is C8H6BrN3O. The van der Waals surface area contributed by atoms with Crippen LogP contribution < -0.4 is 5.73 Å². The fourth-order valence-electron chi connectivity index (χ4n) is 0.999. The van der Waals surface area contributed by atoms with Gasteiger partial charge in [-0.25, -0.2) is 0 Å². The molecule has 2 N–H and O–H groups in total. The van der Waals surface area contributed by atoms with Crippen molar-refractivity contribution in [1.82, 2.24) is 10.1 Å². The summed E-state index contributed by atoms with van der Waals surface area (Å²) in [6, 6.07) is 5.41. The van der Waals surface area contributed by atoms with Crippen molar-refractivity contribution in [3.8, 4) is 11.5 Å². The van der Waals surface area contributed by atoms with Crippen molar-refractivity contribution in [3.05, 3.63) is 29.0 Å². The van der Waals surface area contributed by atoms with E-state index in [2.05, 4.69) is 26.1 Å². The van der Waals surface area contributed by atoms with E-state index in [0.717, 1.165) is 10.0 Å². The second-order valence-corrected chi connectivity index (χ2v) is 3.34. The second kappa shape index (κ2) is 3.18. The van der Waals surface area contributed by atoms with Crippen LogP contribution in [-0.2, 0) is 0 Å². The summed E-state index contributed by atoms with van der Waals surface area (Å²) < 4.78 is 5.79. The largest absolute Gasteiger partial charge is 0.399 e. The number of nitrogens with zero attached hydrogens (tertiary/aromatic N) is 2. The lowest BCUT2D eigenvalue weighted by Gasteiger charge is -1.99. The maximum Gasteiger partial charge on any atom is 0.258 e. The Morgan fingerprint density at radius 3 is 2.92 bits per heavy atom. The Morgan fingerprint density at radius 1 is 1.38 bits per heavy atom. The molecule has 2 rings (SSSR count). The molecule has 0 radical (unpaired) electrons. The van der Waals surface area contributed by atoms with Gasteiger partial charge in [-0.2, -0.15) is 4.98 Å². The van der Waals surface area contributed by atoms with E-state index in [1.165, 1.54) is 6.33 Å². The van der Waals surface area contributed by atoms with Gasteiger partial charge in [0, 0.05) is 10.2 Å². The van der Waals surface area contributed by atoms with Crippen molar-refractivity contribution in [1.29, 1.82) is 0 Å². The highest BCUT2D eigenvalue weighted by atomic mass is 79.9. The summed E-state index contributed by atoms with van der Waals surface area (Å²) in [5, 5.41) is 3.52. The van der Waals surface area contributed by atoms with Crippen molar-refractivity contribution in [2.75, 3.05) is 5.73 Å². The van der Waals surface area contributed by atoms with Crippen LogP contribution in [-0.4, -0.2) is 10.1 Å². The number of hydrogen-bond acceptors (Lipinski definition) is 4. The number of anilines is 1. The quantitative estimate of drug-likeness (QED) is 0.775. The van der Waals surface area contributed by atoms with Crippen LogP contribution in [0.4, 0.5) is 5.69 Å². The molecule has 1 heterocycles. The van der Waals surface area contributed by atoms with Gasteiger partial charge in [-0.05, 0) is 34.1 Å². The summed E-state index contributed by atoms with van der Waals surface area (Å²) in [5.74, 6) is 0.458. The number of benzene rings is 1. The Balaban J connectivity index is 2.57. The van der Waals surface area contributed by atoms with E-state index in [4.69, 9.17) is 10.3 Å². The van der Waals surface area contributed by atoms with Gasteiger partial charge in [0.2, 0.25) is 0 Å². The van der Waals surface area contributed by atoms with Crippen LogP contribution in [0.15, 0.2) is 33.5 Å². The molecule has 0 aliphatic heterocycles. The van der Waals surface area contributed by atoms with Crippen molar-refractivity contribution < 1.29 is 4.52 Å². The maximum absolute atomic E-state index is 5.62. The Labute approximate surface area is 82.9 Å². The molecule has 0 bridgehead atoms. The molecule has 1 aromatic heterocycles. The normalized spacial score (nSPS) is 10.2. The number of halogens is 1. The minimum absolute atomic E-state index is 0.458. The lowest BCUT2D eigenvalue weighted by atomic mass is 10.2. The third-order valence-corrected chi connectivity index (χ3v) is 2.27. The van der Waals surface area contributed by atoms with Crippen molar-refractivity contribution >= 4 is 21.6 Å². The average Bonchev–Trinajstić information content (AvgIpc) is 2.61. The molecule has 1 aromatic carbocycles. The summed E-state index contributed by atoms with van der Waals surface area (Å²) in [4.78, 5) is 3.93. The van der Waals surface area contributed by atoms with Gasteiger partial charge in [0.1, 0.15) is 0 Å². The maximum atomic E-state index is 5.62. The summed E-state index contributed by atoms with van der Waals surface area (Å²) in [5.41, 5.74) is 7.09. The van der Waals surface area contributed by atoms with Gasteiger partial charge in [0.05, 0.1) is 5.56 Å². The first-order valence-corrected chi connectivity index (χ1v) is 4.39. The van der Waals surface area contributed by atoms with E-state index in [0.29, 0.717) is 11.6 Å². The summed E-state index contributed by atoms with van der Waals surface area (Å²) in [6.45, 7) is 0. The zero-order valence-corrected chi connectivity index (χ0v) is 8.15. The van der Waals surface area contributed by atoms with Crippen LogP contribution in [0.1, 0.15) is 0 Å². The van der Waals surface area contributed by atoms with Crippen LogP contribution in [0.25, 0.3) is 11.5 Å². The predicted octanol–water partition coefficient (Wildman–Crippen LogP) is 2.08. The van der Waals surface area contributed by atoms with Crippen LogP contribution in [0.3, 0.4) is 0 Å². The molecule has 0 fully saturated rings. The third kappa shape index (κ3) is 1.55. The van der Waals surface area contributed by atoms with E-state index >= 15 is 0 Å². The van der Waals surface area contributed by atoms with Crippen LogP contribution in [0, 0.1) is 0 Å². The van der Waals surface area contributed by atoms with Gasteiger partial charge in [-0.15, -0.1) is 0 Å². The average molecular weight is 240 g/mol. The van der Waals surface area contributed by atoms with Crippen molar-refractivity contribution in [2.45, 2.75) is 0 Å². The standard InChI is InChI=1S/C8H6BrN3O/c9-7-2-1-5(10)3-6(7)8-11-4-12-13-8/h1-4H,10H2. The lowest BCUT2D eigenvalue weighted by Crippen LogP contribution is -1.86. The number of nitrogen functional groups attached to an aromatic ring is 1. The summed E-state index contributed by atoms with van der Waals surface area (Å²) in [7, 11) is 0. The zero-order valence-electron chi connectivity index (χ0n) is 6.57. The molecule has 2 aromatic rings. The number of hydrogen-bond donors (Lipinski definition) is 1. The van der Waals surface area contributed by atoms with Gasteiger partial charge >= 0.3 is 0 Å². The minimum atomic E-state index is 0.458. The second-order valence-electron chi connectivity index (χ2n) is 2.49. The number of rotatable bonds is 1. The van der Waals surface area contributed by atoms with E-state index in [-0.39, 0.29) is 0 Å². The topological polar surface area (TPSA) is 64.9 Å². The summed E-state index contributed by atoms with van der Waals surface area (Å²) >= 11 is 3.37.